The maximum absolute atomic E-state index is 12.6. The van der Waals surface area contributed by atoms with E-state index in [-0.39, 0.29) is 11.5 Å². The highest BCUT2D eigenvalue weighted by molar-refractivity contribution is 7.12. The van der Waals surface area contributed by atoms with Gasteiger partial charge < -0.3 is 4.74 Å². The number of hydrogen-bond acceptors (Lipinski definition) is 5. The molecular weight excluding hydrogens is 286 g/mol. The molecule has 5 heteroatoms. The summed E-state index contributed by atoms with van der Waals surface area (Å²) < 4.78 is 4.61. The standard InChI is InChI=1S/C16H13NO3S/c1-9-4-3-5-10-6-7-11(13(9)10)14(18)15-17-12(8-21-15)16(19)20-2/h3-5,7-8H,6H2,1-2H3. The van der Waals surface area contributed by atoms with Gasteiger partial charge in [-0.25, -0.2) is 9.78 Å². The largest absolute Gasteiger partial charge is 0.464 e. The van der Waals surface area contributed by atoms with Crippen molar-refractivity contribution in [3.05, 3.63) is 57.0 Å². The summed E-state index contributed by atoms with van der Waals surface area (Å²) in [7, 11) is 1.29. The van der Waals surface area contributed by atoms with E-state index in [0.717, 1.165) is 23.1 Å². The Morgan fingerprint density at radius 3 is 2.90 bits per heavy atom. The quantitative estimate of drug-likeness (QED) is 0.645. The number of allylic oxidation sites excluding steroid dienone is 2. The third-order valence-corrected chi connectivity index (χ3v) is 4.33. The van der Waals surface area contributed by atoms with Crippen LogP contribution in [0.25, 0.3) is 5.57 Å². The summed E-state index contributed by atoms with van der Waals surface area (Å²) in [5.74, 6) is -0.662. The van der Waals surface area contributed by atoms with E-state index >= 15 is 0 Å². The van der Waals surface area contributed by atoms with Crippen LogP contribution in [-0.2, 0) is 11.2 Å². The van der Waals surface area contributed by atoms with Crippen molar-refractivity contribution in [3.8, 4) is 0 Å². The van der Waals surface area contributed by atoms with Crippen molar-refractivity contribution in [2.75, 3.05) is 7.11 Å². The lowest BCUT2D eigenvalue weighted by Crippen LogP contribution is -2.05. The van der Waals surface area contributed by atoms with Crippen LogP contribution in [0.4, 0.5) is 0 Å². The minimum Gasteiger partial charge on any atom is -0.464 e. The number of esters is 1. The molecule has 4 nitrogen and oxygen atoms in total. The molecule has 1 aliphatic rings. The highest BCUT2D eigenvalue weighted by atomic mass is 32.1. The molecule has 0 amide bonds. The van der Waals surface area contributed by atoms with Crippen LogP contribution in [0.5, 0.6) is 0 Å². The van der Waals surface area contributed by atoms with Crippen LogP contribution in [0, 0.1) is 6.92 Å². The zero-order valence-electron chi connectivity index (χ0n) is 11.7. The number of carbonyl (C=O) groups excluding carboxylic acids is 2. The first kappa shape index (κ1) is 13.7. The molecule has 0 saturated carbocycles. The molecule has 0 spiro atoms. The molecule has 106 valence electrons. The van der Waals surface area contributed by atoms with Crippen LogP contribution in [0.2, 0.25) is 0 Å². The molecule has 2 aromatic rings. The summed E-state index contributed by atoms with van der Waals surface area (Å²) >= 11 is 1.17. The van der Waals surface area contributed by atoms with Gasteiger partial charge in [0.1, 0.15) is 0 Å². The Morgan fingerprint density at radius 1 is 1.33 bits per heavy atom. The Kier molecular flexibility index (Phi) is 3.43. The van der Waals surface area contributed by atoms with Crippen LogP contribution < -0.4 is 0 Å². The Bertz CT molecular complexity index is 774. The number of thiazole rings is 1. The number of ether oxygens (including phenoxy) is 1. The topological polar surface area (TPSA) is 56.3 Å². The van der Waals surface area contributed by atoms with Crippen LogP contribution in [-0.4, -0.2) is 23.8 Å². The number of carbonyl (C=O) groups is 2. The highest BCUT2D eigenvalue weighted by Crippen LogP contribution is 2.33. The van der Waals surface area contributed by atoms with Crippen LogP contribution in [0.15, 0.2) is 29.7 Å². The van der Waals surface area contributed by atoms with Crippen molar-refractivity contribution >= 4 is 28.7 Å². The second-order valence-corrected chi connectivity index (χ2v) is 5.65. The molecule has 0 N–H and O–H groups in total. The molecule has 0 unspecified atom stereocenters. The van der Waals surface area contributed by atoms with Crippen molar-refractivity contribution < 1.29 is 14.3 Å². The summed E-state index contributed by atoms with van der Waals surface area (Å²) in [6.45, 7) is 1.99. The van der Waals surface area contributed by atoms with Crippen LogP contribution in [0.3, 0.4) is 0 Å². The van der Waals surface area contributed by atoms with Gasteiger partial charge in [-0.2, -0.15) is 0 Å². The fraction of sp³-hybridized carbons (Fsp3) is 0.188. The predicted octanol–water partition coefficient (Wildman–Crippen LogP) is 3.06. The van der Waals surface area contributed by atoms with E-state index in [1.807, 2.05) is 31.2 Å². The summed E-state index contributed by atoms with van der Waals surface area (Å²) in [5, 5.41) is 1.87. The van der Waals surface area contributed by atoms with E-state index < -0.39 is 5.97 Å². The molecule has 0 bridgehead atoms. The number of ketones is 1. The molecule has 0 radical (unpaired) electrons. The van der Waals surface area contributed by atoms with Gasteiger partial charge in [0.15, 0.2) is 10.7 Å². The fourth-order valence-corrected chi connectivity index (χ4v) is 3.24. The van der Waals surface area contributed by atoms with Gasteiger partial charge in [0.2, 0.25) is 5.78 Å². The van der Waals surface area contributed by atoms with Gasteiger partial charge in [-0.3, -0.25) is 4.79 Å². The van der Waals surface area contributed by atoms with Gasteiger partial charge in [0.25, 0.3) is 0 Å². The Hall–Kier alpha value is -2.27. The molecule has 21 heavy (non-hydrogen) atoms. The molecule has 0 fully saturated rings. The number of Topliss-reactive ketones (excluding diaryl/α,β-unsaturated/α-hetero) is 1. The number of fused-ring (bicyclic) bond motifs is 1. The smallest absolute Gasteiger partial charge is 0.357 e. The van der Waals surface area contributed by atoms with Crippen molar-refractivity contribution in [3.63, 3.8) is 0 Å². The van der Waals surface area contributed by atoms with Crippen LogP contribution in [0.1, 0.15) is 37.0 Å². The number of methoxy groups -OCH3 is 1. The average Bonchev–Trinajstić information content (AvgIpc) is 3.13. The number of rotatable bonds is 3. The Labute approximate surface area is 126 Å². The van der Waals surface area contributed by atoms with Gasteiger partial charge in [0, 0.05) is 11.0 Å². The number of aryl methyl sites for hydroxylation is 1. The third-order valence-electron chi connectivity index (χ3n) is 3.49. The summed E-state index contributed by atoms with van der Waals surface area (Å²) in [5.41, 5.74) is 4.08. The van der Waals surface area contributed by atoms with Crippen molar-refractivity contribution in [1.82, 2.24) is 4.98 Å². The average molecular weight is 299 g/mol. The number of benzene rings is 1. The first-order chi connectivity index (χ1) is 10.1. The fourth-order valence-electron chi connectivity index (χ4n) is 2.50. The van der Waals surface area contributed by atoms with E-state index in [9.17, 15) is 9.59 Å². The molecular formula is C16H13NO3S. The maximum atomic E-state index is 12.6. The second-order valence-electron chi connectivity index (χ2n) is 4.79. The summed E-state index contributed by atoms with van der Waals surface area (Å²) in [6, 6.07) is 6.02. The van der Waals surface area contributed by atoms with Gasteiger partial charge in [-0.15, -0.1) is 11.3 Å². The van der Waals surface area contributed by atoms with Gasteiger partial charge in [-0.05, 0) is 30.0 Å². The maximum Gasteiger partial charge on any atom is 0.357 e. The lowest BCUT2D eigenvalue weighted by molar-refractivity contribution is 0.0595. The SMILES string of the molecule is COC(=O)c1csc(C(=O)C2=CCc3cccc(C)c32)n1. The molecule has 0 aliphatic heterocycles. The number of hydrogen-bond donors (Lipinski definition) is 0. The lowest BCUT2D eigenvalue weighted by atomic mass is 9.98. The summed E-state index contributed by atoms with van der Waals surface area (Å²) in [4.78, 5) is 28.1. The highest BCUT2D eigenvalue weighted by Gasteiger charge is 2.25. The summed E-state index contributed by atoms with van der Waals surface area (Å²) in [6.07, 6.45) is 2.69. The molecule has 0 saturated heterocycles. The first-order valence-corrected chi connectivity index (χ1v) is 7.37. The van der Waals surface area contributed by atoms with Crippen molar-refractivity contribution in [1.29, 1.82) is 0 Å². The normalized spacial score (nSPS) is 12.8. The molecule has 1 aromatic carbocycles. The molecule has 1 aromatic heterocycles. The number of nitrogens with zero attached hydrogens (tertiary/aromatic N) is 1. The van der Waals surface area contributed by atoms with E-state index in [4.69, 9.17) is 0 Å². The van der Waals surface area contributed by atoms with E-state index in [0.29, 0.717) is 10.6 Å². The Balaban J connectivity index is 1.95. The second kappa shape index (κ2) is 5.26. The van der Waals surface area contributed by atoms with Crippen molar-refractivity contribution in [2.24, 2.45) is 0 Å². The van der Waals surface area contributed by atoms with Gasteiger partial charge >= 0.3 is 5.97 Å². The van der Waals surface area contributed by atoms with Gasteiger partial charge in [0.05, 0.1) is 7.11 Å². The van der Waals surface area contributed by atoms with E-state index in [1.165, 1.54) is 18.4 Å². The van der Waals surface area contributed by atoms with Crippen LogP contribution >= 0.6 is 11.3 Å². The van der Waals surface area contributed by atoms with Crippen molar-refractivity contribution in [2.45, 2.75) is 13.3 Å². The predicted molar refractivity (Wildman–Crippen MR) is 80.6 cm³/mol. The molecule has 1 heterocycles. The number of aromatic nitrogens is 1. The van der Waals surface area contributed by atoms with Gasteiger partial charge in [-0.1, -0.05) is 24.3 Å². The Morgan fingerprint density at radius 2 is 2.14 bits per heavy atom. The molecule has 1 aliphatic carbocycles. The molecule has 0 atom stereocenters. The van der Waals surface area contributed by atoms with E-state index in [2.05, 4.69) is 9.72 Å². The minimum absolute atomic E-state index is 0.136. The zero-order valence-corrected chi connectivity index (χ0v) is 12.5. The molecule has 3 rings (SSSR count). The zero-order chi connectivity index (χ0) is 15.0. The monoisotopic (exact) mass is 299 g/mol. The van der Waals surface area contributed by atoms with E-state index in [1.54, 1.807) is 5.38 Å². The first-order valence-electron chi connectivity index (χ1n) is 6.49. The minimum atomic E-state index is -0.526. The lowest BCUT2D eigenvalue weighted by Gasteiger charge is -2.07. The third kappa shape index (κ3) is 2.29.